The van der Waals surface area contributed by atoms with Crippen molar-refractivity contribution < 1.29 is 17.9 Å². The highest BCUT2D eigenvalue weighted by Crippen LogP contribution is 2.22. The van der Waals surface area contributed by atoms with Crippen LogP contribution in [0.5, 0.6) is 23.0 Å². The van der Waals surface area contributed by atoms with Crippen molar-refractivity contribution in [2.75, 3.05) is 0 Å². The molecule has 0 saturated heterocycles. The van der Waals surface area contributed by atoms with Gasteiger partial charge < -0.3 is 9.47 Å². The molecule has 0 radical (unpaired) electrons. The monoisotopic (exact) mass is 552 g/mol. The third kappa shape index (κ3) is 12.4. The summed E-state index contributed by atoms with van der Waals surface area (Å²) in [6, 6.07) is 37.0. The van der Waals surface area contributed by atoms with Crippen LogP contribution >= 0.6 is 37.3 Å². The van der Waals surface area contributed by atoms with Crippen molar-refractivity contribution in [1.82, 2.24) is 0 Å². The van der Waals surface area contributed by atoms with Gasteiger partial charge in [-0.3, -0.25) is 0 Å². The van der Waals surface area contributed by atoms with E-state index in [9.17, 15) is 0 Å². The normalized spacial score (nSPS) is 9.97. The van der Waals surface area contributed by atoms with Crippen molar-refractivity contribution >= 4 is 45.6 Å². The summed E-state index contributed by atoms with van der Waals surface area (Å²) >= 11 is 3.38. The molecule has 0 atom stereocenters. The van der Waals surface area contributed by atoms with Crippen LogP contribution in [0.3, 0.4) is 0 Å². The van der Waals surface area contributed by atoms with Gasteiger partial charge in [0.2, 0.25) is 0 Å². The lowest BCUT2D eigenvalue weighted by Gasteiger charge is -2.04. The Hall–Kier alpha value is -2.51. The molecule has 4 aromatic rings. The van der Waals surface area contributed by atoms with Crippen molar-refractivity contribution in [2.24, 2.45) is 0 Å². The second-order valence-corrected chi connectivity index (χ2v) is 10.6. The van der Waals surface area contributed by atoms with Crippen LogP contribution < -0.4 is 9.47 Å². The molecule has 8 heteroatoms. The van der Waals surface area contributed by atoms with Crippen LogP contribution in [-0.4, -0.2) is 8.42 Å². The van der Waals surface area contributed by atoms with Gasteiger partial charge in [0.15, 0.2) is 0 Å². The van der Waals surface area contributed by atoms with Gasteiger partial charge in [-0.2, -0.15) is 8.42 Å². The Labute approximate surface area is 205 Å². The van der Waals surface area contributed by atoms with Gasteiger partial charge in [0.1, 0.15) is 23.0 Å². The summed E-state index contributed by atoms with van der Waals surface area (Å²) in [6.45, 7) is 0. The van der Waals surface area contributed by atoms with Crippen LogP contribution in [0.25, 0.3) is 0 Å². The highest BCUT2D eigenvalue weighted by molar-refractivity contribution is 9.10. The summed E-state index contributed by atoms with van der Waals surface area (Å²) in [5.74, 6) is 3.44. The summed E-state index contributed by atoms with van der Waals surface area (Å²) in [6.07, 6.45) is 0. The van der Waals surface area contributed by atoms with E-state index in [-0.39, 0.29) is 0 Å². The minimum Gasteiger partial charge on any atom is -0.457 e. The standard InChI is InChI=1S/C12H9BrO.C12H10O.Cl2O2S/c13-10-6-8-12(9-7-10)14-11-4-2-1-3-5-11;1-3-7-11(8-4-1)13-12-9-5-2-6-10-12;1-5(2,3)4/h1-9H;1-10H;. The molecule has 4 aromatic carbocycles. The van der Waals surface area contributed by atoms with Gasteiger partial charge in [0.05, 0.1) is 0 Å². The Morgan fingerprint density at radius 1 is 0.500 bits per heavy atom. The lowest BCUT2D eigenvalue weighted by Crippen LogP contribution is -1.82. The van der Waals surface area contributed by atoms with Gasteiger partial charge in [-0.25, -0.2) is 0 Å². The largest absolute Gasteiger partial charge is 0.457 e. The molecule has 0 aliphatic carbocycles. The first-order chi connectivity index (χ1) is 15.3. The van der Waals surface area contributed by atoms with E-state index in [4.69, 9.17) is 17.9 Å². The first-order valence-electron chi connectivity index (χ1n) is 9.20. The molecule has 0 N–H and O–H groups in total. The first kappa shape index (κ1) is 25.7. The lowest BCUT2D eigenvalue weighted by atomic mass is 10.3. The molecule has 0 amide bonds. The molecular weight excluding hydrogens is 535 g/mol. The molecule has 4 nitrogen and oxygen atoms in total. The molecule has 0 fully saturated rings. The molecule has 166 valence electrons. The van der Waals surface area contributed by atoms with Gasteiger partial charge in [0, 0.05) is 25.8 Å². The molecule has 0 heterocycles. The Kier molecular flexibility index (Phi) is 11.1. The minimum atomic E-state index is -3.72. The molecule has 0 unspecified atom stereocenters. The van der Waals surface area contributed by atoms with Crippen LogP contribution in [-0.2, 0) is 8.26 Å². The Balaban J connectivity index is 0.000000189. The molecular formula is C24H19BrCl2O4S. The maximum Gasteiger partial charge on any atom is 0.317 e. The molecule has 0 bridgehead atoms. The number of rotatable bonds is 4. The Bertz CT molecular complexity index is 1100. The summed E-state index contributed by atoms with van der Waals surface area (Å²) in [4.78, 5) is 0. The van der Waals surface area contributed by atoms with E-state index < -0.39 is 8.26 Å². The van der Waals surface area contributed by atoms with Gasteiger partial charge in [-0.15, -0.1) is 0 Å². The third-order valence-corrected chi connectivity index (χ3v) is 4.04. The summed E-state index contributed by atoms with van der Waals surface area (Å²) in [5.41, 5.74) is 0. The molecule has 0 spiro atoms. The predicted molar refractivity (Wildman–Crippen MR) is 134 cm³/mol. The second-order valence-electron chi connectivity index (χ2n) is 5.98. The number of hydrogen-bond donors (Lipinski definition) is 0. The maximum atomic E-state index is 9.16. The zero-order valence-electron chi connectivity index (χ0n) is 16.6. The number of hydrogen-bond acceptors (Lipinski definition) is 4. The summed E-state index contributed by atoms with van der Waals surface area (Å²) < 4.78 is 30.6. The van der Waals surface area contributed by atoms with Gasteiger partial charge in [-0.1, -0.05) is 70.5 Å². The maximum absolute atomic E-state index is 9.16. The lowest BCUT2D eigenvalue weighted by molar-refractivity contribution is 0.482. The molecule has 4 rings (SSSR count). The fourth-order valence-electron chi connectivity index (χ4n) is 2.24. The van der Waals surface area contributed by atoms with Crippen LogP contribution in [0.15, 0.2) is 120 Å². The van der Waals surface area contributed by atoms with E-state index in [0.717, 1.165) is 27.5 Å². The van der Waals surface area contributed by atoms with Crippen LogP contribution in [0.2, 0.25) is 0 Å². The van der Waals surface area contributed by atoms with Crippen LogP contribution in [0.4, 0.5) is 0 Å². The Morgan fingerprint density at radius 2 is 0.750 bits per heavy atom. The SMILES string of the molecule is Brc1ccc(Oc2ccccc2)cc1.O=S(=O)(Cl)Cl.c1ccc(Oc2ccccc2)cc1. The quantitative estimate of drug-likeness (QED) is 0.238. The molecule has 0 aliphatic rings. The van der Waals surface area contributed by atoms with Crippen molar-refractivity contribution in [3.05, 3.63) is 120 Å². The number of halogens is 3. The molecule has 32 heavy (non-hydrogen) atoms. The van der Waals surface area contributed by atoms with E-state index in [2.05, 4.69) is 37.3 Å². The van der Waals surface area contributed by atoms with Crippen LogP contribution in [0, 0.1) is 0 Å². The number of para-hydroxylation sites is 3. The van der Waals surface area contributed by atoms with E-state index in [1.807, 2.05) is 115 Å². The number of benzene rings is 4. The zero-order chi connectivity index (χ0) is 23.2. The van der Waals surface area contributed by atoms with Crippen LogP contribution in [0.1, 0.15) is 0 Å². The van der Waals surface area contributed by atoms with E-state index in [0.29, 0.717) is 0 Å². The fourth-order valence-corrected chi connectivity index (χ4v) is 2.50. The summed E-state index contributed by atoms with van der Waals surface area (Å²) in [7, 11) is 4.81. The minimum absolute atomic E-state index is 0.847. The van der Waals surface area contributed by atoms with Gasteiger partial charge in [0.25, 0.3) is 0 Å². The fraction of sp³-hybridized carbons (Fsp3) is 0. The van der Waals surface area contributed by atoms with Gasteiger partial charge >= 0.3 is 8.26 Å². The zero-order valence-corrected chi connectivity index (χ0v) is 20.6. The first-order valence-corrected chi connectivity index (χ1v) is 13.1. The summed E-state index contributed by atoms with van der Waals surface area (Å²) in [5, 5.41) is 0. The molecule has 0 saturated carbocycles. The average molecular weight is 554 g/mol. The van der Waals surface area contributed by atoms with Gasteiger partial charge in [-0.05, 0) is 60.7 Å². The molecule has 0 aromatic heterocycles. The highest BCUT2D eigenvalue weighted by Gasteiger charge is 1.95. The van der Waals surface area contributed by atoms with Crippen molar-refractivity contribution in [3.63, 3.8) is 0 Å². The highest BCUT2D eigenvalue weighted by atomic mass is 79.9. The molecule has 0 aliphatic heterocycles. The smallest absolute Gasteiger partial charge is 0.317 e. The van der Waals surface area contributed by atoms with E-state index in [1.165, 1.54) is 0 Å². The predicted octanol–water partition coefficient (Wildman–Crippen LogP) is 8.43. The third-order valence-electron chi connectivity index (χ3n) is 3.51. The van der Waals surface area contributed by atoms with Crippen molar-refractivity contribution in [2.45, 2.75) is 0 Å². The van der Waals surface area contributed by atoms with Crippen molar-refractivity contribution in [1.29, 1.82) is 0 Å². The number of ether oxygens (including phenoxy) is 2. The van der Waals surface area contributed by atoms with Crippen molar-refractivity contribution in [3.8, 4) is 23.0 Å². The Morgan fingerprint density at radius 3 is 1.03 bits per heavy atom. The van der Waals surface area contributed by atoms with E-state index in [1.54, 1.807) is 0 Å². The topological polar surface area (TPSA) is 52.6 Å². The second kappa shape index (κ2) is 13.8. The van der Waals surface area contributed by atoms with E-state index >= 15 is 0 Å². The average Bonchev–Trinajstić information content (AvgIpc) is 2.77.